The van der Waals surface area contributed by atoms with Crippen LogP contribution in [0, 0.1) is 11.6 Å². The van der Waals surface area contributed by atoms with Crippen LogP contribution < -0.4 is 10.2 Å². The first kappa shape index (κ1) is 18.8. The molecule has 1 saturated heterocycles. The standard InChI is InChI=1S/C21H19F2N5O/c22-16-6-4-15(5-7-16)19-8-9-20(26-25-19)27-10-12-28(13-11-27)21(29)24-18-3-1-2-17(23)14-18/h1-9,14H,10-13H2,(H,24,29). The molecule has 0 spiro atoms. The van der Waals surface area contributed by atoms with Gasteiger partial charge in [0.25, 0.3) is 0 Å². The molecule has 0 atom stereocenters. The minimum atomic E-state index is -0.393. The van der Waals surface area contributed by atoms with E-state index in [1.165, 1.54) is 24.3 Å². The Kier molecular flexibility index (Phi) is 5.33. The molecule has 6 nitrogen and oxygen atoms in total. The van der Waals surface area contributed by atoms with Crippen LogP contribution in [0.5, 0.6) is 0 Å². The lowest BCUT2D eigenvalue weighted by atomic mass is 10.1. The minimum Gasteiger partial charge on any atom is -0.352 e. The maximum absolute atomic E-state index is 13.3. The SMILES string of the molecule is O=C(Nc1cccc(F)c1)N1CCN(c2ccc(-c3ccc(F)cc3)nn2)CC1. The fourth-order valence-corrected chi connectivity index (χ4v) is 3.18. The van der Waals surface area contributed by atoms with Gasteiger partial charge in [-0.05, 0) is 54.6 Å². The van der Waals surface area contributed by atoms with Gasteiger partial charge in [-0.2, -0.15) is 0 Å². The number of nitrogens with one attached hydrogen (secondary N) is 1. The zero-order valence-corrected chi connectivity index (χ0v) is 15.6. The molecule has 0 radical (unpaired) electrons. The summed E-state index contributed by atoms with van der Waals surface area (Å²) in [6.45, 7) is 2.26. The Hall–Kier alpha value is -3.55. The third-order valence-electron chi connectivity index (χ3n) is 4.76. The number of benzene rings is 2. The van der Waals surface area contributed by atoms with Gasteiger partial charge in [0.2, 0.25) is 0 Å². The highest BCUT2D eigenvalue weighted by Crippen LogP contribution is 2.20. The van der Waals surface area contributed by atoms with E-state index in [2.05, 4.69) is 15.5 Å². The number of amides is 2. The smallest absolute Gasteiger partial charge is 0.321 e. The van der Waals surface area contributed by atoms with Crippen LogP contribution in [-0.4, -0.2) is 47.3 Å². The molecule has 1 aliphatic heterocycles. The second-order valence-electron chi connectivity index (χ2n) is 6.70. The number of hydrogen-bond acceptors (Lipinski definition) is 4. The average Bonchev–Trinajstić information content (AvgIpc) is 2.75. The van der Waals surface area contributed by atoms with E-state index in [0.717, 1.165) is 11.4 Å². The normalized spacial score (nSPS) is 14.0. The van der Waals surface area contributed by atoms with Crippen LogP contribution >= 0.6 is 0 Å². The Bertz CT molecular complexity index is 987. The van der Waals surface area contributed by atoms with Crippen LogP contribution in [0.25, 0.3) is 11.3 Å². The second-order valence-corrected chi connectivity index (χ2v) is 6.70. The van der Waals surface area contributed by atoms with Crippen LogP contribution in [-0.2, 0) is 0 Å². The highest BCUT2D eigenvalue weighted by atomic mass is 19.1. The maximum Gasteiger partial charge on any atom is 0.321 e. The summed E-state index contributed by atoms with van der Waals surface area (Å²) in [7, 11) is 0. The molecule has 2 amide bonds. The van der Waals surface area contributed by atoms with E-state index >= 15 is 0 Å². The first-order valence-electron chi connectivity index (χ1n) is 9.24. The number of hydrogen-bond donors (Lipinski definition) is 1. The van der Waals surface area contributed by atoms with Crippen LogP contribution in [0.1, 0.15) is 0 Å². The molecule has 0 unspecified atom stereocenters. The Morgan fingerprint density at radius 3 is 2.28 bits per heavy atom. The van der Waals surface area contributed by atoms with Gasteiger partial charge in [-0.25, -0.2) is 13.6 Å². The number of carbonyl (C=O) groups is 1. The number of carbonyl (C=O) groups excluding carboxylic acids is 1. The van der Waals surface area contributed by atoms with Crippen molar-refractivity contribution in [2.45, 2.75) is 0 Å². The first-order chi connectivity index (χ1) is 14.1. The van der Waals surface area contributed by atoms with Gasteiger partial charge in [-0.3, -0.25) is 0 Å². The van der Waals surface area contributed by atoms with E-state index in [1.807, 2.05) is 17.0 Å². The van der Waals surface area contributed by atoms with Crippen molar-refractivity contribution >= 4 is 17.5 Å². The predicted molar refractivity (Wildman–Crippen MR) is 107 cm³/mol. The van der Waals surface area contributed by atoms with Crippen LogP contribution in [0.4, 0.5) is 25.1 Å². The van der Waals surface area contributed by atoms with Crippen molar-refractivity contribution in [3.8, 4) is 11.3 Å². The first-order valence-corrected chi connectivity index (χ1v) is 9.24. The van der Waals surface area contributed by atoms with Crippen molar-refractivity contribution in [3.05, 3.63) is 72.3 Å². The topological polar surface area (TPSA) is 61.4 Å². The lowest BCUT2D eigenvalue weighted by molar-refractivity contribution is 0.208. The van der Waals surface area contributed by atoms with Crippen LogP contribution in [0.3, 0.4) is 0 Å². The number of aromatic nitrogens is 2. The zero-order chi connectivity index (χ0) is 20.2. The van der Waals surface area contributed by atoms with Crippen molar-refractivity contribution in [2.24, 2.45) is 0 Å². The largest absolute Gasteiger partial charge is 0.352 e. The highest BCUT2D eigenvalue weighted by molar-refractivity contribution is 5.89. The molecule has 2 heterocycles. The van der Waals surface area contributed by atoms with Crippen molar-refractivity contribution in [1.82, 2.24) is 15.1 Å². The van der Waals surface area contributed by atoms with E-state index in [0.29, 0.717) is 37.6 Å². The second kappa shape index (κ2) is 8.22. The van der Waals surface area contributed by atoms with E-state index in [4.69, 9.17) is 0 Å². The van der Waals surface area contributed by atoms with Crippen molar-refractivity contribution in [3.63, 3.8) is 0 Å². The number of rotatable bonds is 3. The van der Waals surface area contributed by atoms with Gasteiger partial charge in [-0.1, -0.05) is 6.07 Å². The molecule has 29 heavy (non-hydrogen) atoms. The zero-order valence-electron chi connectivity index (χ0n) is 15.6. The maximum atomic E-state index is 13.3. The summed E-state index contributed by atoms with van der Waals surface area (Å²) in [5.41, 5.74) is 1.89. The fourth-order valence-electron chi connectivity index (χ4n) is 3.18. The summed E-state index contributed by atoms with van der Waals surface area (Å²) in [4.78, 5) is 16.1. The third-order valence-corrected chi connectivity index (χ3v) is 4.76. The van der Waals surface area contributed by atoms with Gasteiger partial charge >= 0.3 is 6.03 Å². The molecule has 1 aromatic heterocycles. The Labute approximate surface area is 166 Å². The molecule has 1 fully saturated rings. The highest BCUT2D eigenvalue weighted by Gasteiger charge is 2.22. The van der Waals surface area contributed by atoms with E-state index < -0.39 is 5.82 Å². The Morgan fingerprint density at radius 2 is 1.62 bits per heavy atom. The molecule has 1 N–H and O–H groups in total. The van der Waals surface area contributed by atoms with E-state index in [1.54, 1.807) is 29.2 Å². The Balaban J connectivity index is 1.34. The van der Waals surface area contributed by atoms with Crippen LogP contribution in [0.15, 0.2) is 60.7 Å². The summed E-state index contributed by atoms with van der Waals surface area (Å²) in [5, 5.41) is 11.2. The molecular formula is C21H19F2N5O. The molecule has 8 heteroatoms. The van der Waals surface area contributed by atoms with Gasteiger partial charge in [0.15, 0.2) is 5.82 Å². The molecule has 3 aromatic rings. The quantitative estimate of drug-likeness (QED) is 0.733. The van der Waals surface area contributed by atoms with Gasteiger partial charge in [0.05, 0.1) is 5.69 Å². The van der Waals surface area contributed by atoms with E-state index in [9.17, 15) is 13.6 Å². The molecule has 2 aromatic carbocycles. The molecule has 0 bridgehead atoms. The number of halogens is 2. The number of anilines is 2. The number of piperazine rings is 1. The monoisotopic (exact) mass is 395 g/mol. The van der Waals surface area contributed by atoms with Crippen molar-refractivity contribution in [2.75, 3.05) is 36.4 Å². The molecule has 0 aliphatic carbocycles. The molecular weight excluding hydrogens is 376 g/mol. The third kappa shape index (κ3) is 4.48. The number of nitrogens with zero attached hydrogens (tertiary/aromatic N) is 4. The molecule has 0 saturated carbocycles. The summed E-state index contributed by atoms with van der Waals surface area (Å²) in [6.07, 6.45) is 0. The molecule has 1 aliphatic rings. The Morgan fingerprint density at radius 1 is 0.862 bits per heavy atom. The molecule has 4 rings (SSSR count). The lowest BCUT2D eigenvalue weighted by Crippen LogP contribution is -2.50. The summed E-state index contributed by atoms with van der Waals surface area (Å²) in [5.74, 6) is 0.0361. The fraction of sp³-hybridized carbons (Fsp3) is 0.190. The van der Waals surface area contributed by atoms with Crippen molar-refractivity contribution < 1.29 is 13.6 Å². The summed E-state index contributed by atoms with van der Waals surface area (Å²) in [6, 6.07) is 15.4. The van der Waals surface area contributed by atoms with Gasteiger partial charge in [0, 0.05) is 37.4 Å². The average molecular weight is 395 g/mol. The minimum absolute atomic E-state index is 0.256. The van der Waals surface area contributed by atoms with Crippen molar-refractivity contribution in [1.29, 1.82) is 0 Å². The van der Waals surface area contributed by atoms with E-state index in [-0.39, 0.29) is 11.8 Å². The van der Waals surface area contributed by atoms with Gasteiger partial charge in [0.1, 0.15) is 11.6 Å². The summed E-state index contributed by atoms with van der Waals surface area (Å²) >= 11 is 0. The van der Waals surface area contributed by atoms with Gasteiger partial charge < -0.3 is 15.1 Å². The lowest BCUT2D eigenvalue weighted by Gasteiger charge is -2.35. The van der Waals surface area contributed by atoms with Crippen LogP contribution in [0.2, 0.25) is 0 Å². The molecule has 148 valence electrons. The summed E-state index contributed by atoms with van der Waals surface area (Å²) < 4.78 is 26.3. The predicted octanol–water partition coefficient (Wildman–Crippen LogP) is 3.78. The van der Waals surface area contributed by atoms with Gasteiger partial charge in [-0.15, -0.1) is 10.2 Å². The number of urea groups is 1.